The van der Waals surface area contributed by atoms with Crippen molar-refractivity contribution in [1.82, 2.24) is 14.7 Å². The Morgan fingerprint density at radius 2 is 2.08 bits per heavy atom. The van der Waals surface area contributed by atoms with E-state index < -0.39 is 11.5 Å². The lowest BCUT2D eigenvalue weighted by Gasteiger charge is -2.35. The number of rotatable bonds is 5. The van der Waals surface area contributed by atoms with Gasteiger partial charge in [-0.25, -0.2) is 4.68 Å². The highest BCUT2D eigenvalue weighted by molar-refractivity contribution is 5.94. The van der Waals surface area contributed by atoms with Crippen LogP contribution < -0.4 is 5.73 Å². The Labute approximate surface area is 148 Å². The first kappa shape index (κ1) is 17.6. The van der Waals surface area contributed by atoms with E-state index in [1.807, 2.05) is 44.2 Å². The van der Waals surface area contributed by atoms with Gasteiger partial charge in [-0.3, -0.25) is 9.69 Å². The molecule has 0 radical (unpaired) electrons. The summed E-state index contributed by atoms with van der Waals surface area (Å²) in [6.07, 6.45) is 3.70. The molecule has 1 fully saturated rings. The number of para-hydroxylation sites is 1. The van der Waals surface area contributed by atoms with Crippen LogP contribution in [0.15, 0.2) is 36.5 Å². The van der Waals surface area contributed by atoms with E-state index in [1.54, 1.807) is 10.9 Å². The fourth-order valence-electron chi connectivity index (χ4n) is 3.56. The summed E-state index contributed by atoms with van der Waals surface area (Å²) in [6.45, 7) is 5.96. The molecule has 1 atom stereocenters. The lowest BCUT2D eigenvalue weighted by atomic mass is 9.91. The molecule has 2 heterocycles. The van der Waals surface area contributed by atoms with E-state index in [1.165, 1.54) is 0 Å². The van der Waals surface area contributed by atoms with Crippen molar-refractivity contribution in [2.24, 2.45) is 5.73 Å². The predicted molar refractivity (Wildman–Crippen MR) is 96.8 cm³/mol. The Hall–Kier alpha value is -2.18. The number of amides is 1. The number of hydrogen-bond acceptors (Lipinski definition) is 4. The summed E-state index contributed by atoms with van der Waals surface area (Å²) in [5, 5.41) is 14.8. The monoisotopic (exact) mass is 342 g/mol. The minimum Gasteiger partial charge on any atom is -0.389 e. The van der Waals surface area contributed by atoms with Crippen LogP contribution in [0.2, 0.25) is 0 Å². The Morgan fingerprint density at radius 3 is 2.72 bits per heavy atom. The number of likely N-dealkylation sites (tertiary alicyclic amines) is 1. The zero-order valence-electron chi connectivity index (χ0n) is 14.9. The third-order valence-corrected chi connectivity index (χ3v) is 4.53. The number of nitrogens with two attached hydrogens (primary N) is 1. The van der Waals surface area contributed by atoms with Crippen LogP contribution in [0, 0.1) is 0 Å². The molecule has 0 aliphatic carbocycles. The second kappa shape index (κ2) is 6.98. The highest BCUT2D eigenvalue weighted by Crippen LogP contribution is 2.29. The number of carbonyl (C=O) groups is 1. The van der Waals surface area contributed by atoms with Gasteiger partial charge in [0, 0.05) is 25.2 Å². The van der Waals surface area contributed by atoms with Gasteiger partial charge in [-0.1, -0.05) is 18.2 Å². The quantitative estimate of drug-likeness (QED) is 0.869. The van der Waals surface area contributed by atoms with Gasteiger partial charge >= 0.3 is 0 Å². The molecule has 134 valence electrons. The normalized spacial score (nSPS) is 19.1. The van der Waals surface area contributed by atoms with Gasteiger partial charge in [-0.05, 0) is 45.4 Å². The summed E-state index contributed by atoms with van der Waals surface area (Å²) >= 11 is 0. The fourth-order valence-corrected chi connectivity index (χ4v) is 3.56. The first-order valence-electron chi connectivity index (χ1n) is 8.73. The van der Waals surface area contributed by atoms with Crippen LogP contribution in [0.3, 0.4) is 0 Å². The number of benzene rings is 1. The average molecular weight is 342 g/mol. The summed E-state index contributed by atoms with van der Waals surface area (Å²) in [5.41, 5.74) is 7.01. The second-order valence-electron chi connectivity index (χ2n) is 7.46. The molecule has 1 amide bonds. The molecule has 1 unspecified atom stereocenters. The van der Waals surface area contributed by atoms with Crippen LogP contribution in [-0.4, -0.2) is 50.9 Å². The van der Waals surface area contributed by atoms with Crippen molar-refractivity contribution in [2.75, 3.05) is 19.6 Å². The van der Waals surface area contributed by atoms with Crippen molar-refractivity contribution in [2.45, 2.75) is 38.2 Å². The van der Waals surface area contributed by atoms with E-state index in [0.717, 1.165) is 37.3 Å². The summed E-state index contributed by atoms with van der Waals surface area (Å²) in [5.74, 6) is -0.305. The molecule has 1 aromatic heterocycles. The van der Waals surface area contributed by atoms with Crippen LogP contribution in [0.4, 0.5) is 0 Å². The van der Waals surface area contributed by atoms with Gasteiger partial charge in [0.05, 0.1) is 22.5 Å². The maximum atomic E-state index is 11.9. The van der Waals surface area contributed by atoms with Crippen molar-refractivity contribution in [3.8, 4) is 5.69 Å². The van der Waals surface area contributed by atoms with Crippen LogP contribution in [-0.2, 0) is 0 Å². The number of primary amides is 1. The molecule has 1 aromatic carbocycles. The molecule has 1 saturated heterocycles. The highest BCUT2D eigenvalue weighted by atomic mass is 16.3. The summed E-state index contributed by atoms with van der Waals surface area (Å²) in [6, 6.07) is 9.71. The van der Waals surface area contributed by atoms with Gasteiger partial charge in [0.25, 0.3) is 5.91 Å². The van der Waals surface area contributed by atoms with E-state index in [9.17, 15) is 9.90 Å². The Balaban J connectivity index is 1.88. The van der Waals surface area contributed by atoms with Crippen molar-refractivity contribution in [3.05, 3.63) is 47.8 Å². The van der Waals surface area contributed by atoms with Crippen molar-refractivity contribution >= 4 is 5.91 Å². The van der Waals surface area contributed by atoms with Crippen LogP contribution in [0.25, 0.3) is 5.69 Å². The minimum atomic E-state index is -0.738. The standard InChI is InChI=1S/C19H26N4O2/c1-19(2,25)13-22-10-6-7-14(11-22)17-16(18(20)24)12-23(21-17)15-8-4-3-5-9-15/h3-5,8-9,12,14,25H,6-7,10-11,13H2,1-2H3,(H2,20,24). The zero-order valence-corrected chi connectivity index (χ0v) is 14.9. The number of carbonyl (C=O) groups excluding carboxylic acids is 1. The van der Waals surface area contributed by atoms with E-state index >= 15 is 0 Å². The van der Waals surface area contributed by atoms with Gasteiger partial charge < -0.3 is 10.8 Å². The molecule has 0 bridgehead atoms. The number of aliphatic hydroxyl groups is 1. The number of piperidine rings is 1. The average Bonchev–Trinajstić information content (AvgIpc) is 3.00. The zero-order chi connectivity index (χ0) is 18.0. The molecule has 0 spiro atoms. The Kier molecular flexibility index (Phi) is 4.92. The lowest BCUT2D eigenvalue weighted by molar-refractivity contribution is 0.0268. The molecule has 6 heteroatoms. The van der Waals surface area contributed by atoms with Crippen molar-refractivity contribution in [1.29, 1.82) is 0 Å². The third-order valence-electron chi connectivity index (χ3n) is 4.53. The molecule has 1 aliphatic heterocycles. The molecule has 3 N–H and O–H groups in total. The van der Waals surface area contributed by atoms with Crippen molar-refractivity contribution < 1.29 is 9.90 Å². The van der Waals surface area contributed by atoms with Gasteiger partial charge in [0.2, 0.25) is 0 Å². The minimum absolute atomic E-state index is 0.142. The molecule has 1 aliphatic rings. The van der Waals surface area contributed by atoms with Gasteiger partial charge in [0.1, 0.15) is 0 Å². The molecule has 0 saturated carbocycles. The van der Waals surface area contributed by atoms with Gasteiger partial charge in [-0.2, -0.15) is 5.10 Å². The molecule has 3 rings (SSSR count). The first-order valence-corrected chi connectivity index (χ1v) is 8.73. The fraction of sp³-hybridized carbons (Fsp3) is 0.474. The van der Waals surface area contributed by atoms with Crippen molar-refractivity contribution in [3.63, 3.8) is 0 Å². The molecule has 2 aromatic rings. The molecular formula is C19H26N4O2. The summed E-state index contributed by atoms with van der Waals surface area (Å²) in [4.78, 5) is 14.2. The van der Waals surface area contributed by atoms with E-state index in [2.05, 4.69) is 10.00 Å². The number of hydrogen-bond donors (Lipinski definition) is 2. The smallest absolute Gasteiger partial charge is 0.252 e. The predicted octanol–water partition coefficient (Wildman–Crippen LogP) is 1.92. The van der Waals surface area contributed by atoms with E-state index in [-0.39, 0.29) is 5.92 Å². The third kappa shape index (κ3) is 4.27. The Morgan fingerprint density at radius 1 is 1.36 bits per heavy atom. The number of nitrogens with zero attached hydrogens (tertiary/aromatic N) is 3. The van der Waals surface area contributed by atoms with Crippen LogP contribution in [0.1, 0.15) is 48.7 Å². The van der Waals surface area contributed by atoms with Gasteiger partial charge in [-0.15, -0.1) is 0 Å². The summed E-state index contributed by atoms with van der Waals surface area (Å²) < 4.78 is 1.73. The molecule has 25 heavy (non-hydrogen) atoms. The Bertz CT molecular complexity index is 734. The second-order valence-corrected chi connectivity index (χ2v) is 7.46. The molecular weight excluding hydrogens is 316 g/mol. The van der Waals surface area contributed by atoms with Crippen LogP contribution >= 0.6 is 0 Å². The maximum Gasteiger partial charge on any atom is 0.252 e. The number of aromatic nitrogens is 2. The lowest BCUT2D eigenvalue weighted by Crippen LogP contribution is -2.43. The number of β-amino-alcohol motifs (C(OH)–C–C–N with tert-alkyl or cyclic N) is 1. The SMILES string of the molecule is CC(C)(O)CN1CCCC(c2nn(-c3ccccc3)cc2C(N)=O)C1. The summed E-state index contributed by atoms with van der Waals surface area (Å²) in [7, 11) is 0. The van der Waals surface area contributed by atoms with E-state index in [0.29, 0.717) is 12.1 Å². The maximum absolute atomic E-state index is 11.9. The van der Waals surface area contributed by atoms with Gasteiger partial charge in [0.15, 0.2) is 0 Å². The van der Waals surface area contributed by atoms with Crippen LogP contribution in [0.5, 0.6) is 0 Å². The largest absolute Gasteiger partial charge is 0.389 e. The molecule has 6 nitrogen and oxygen atoms in total. The topological polar surface area (TPSA) is 84.4 Å². The highest BCUT2D eigenvalue weighted by Gasteiger charge is 2.29. The van der Waals surface area contributed by atoms with E-state index in [4.69, 9.17) is 5.73 Å². The first-order chi connectivity index (χ1) is 11.8.